The second kappa shape index (κ2) is 6.00. The first-order valence-corrected chi connectivity index (χ1v) is 7.74. The SMILES string of the molecule is COc1cc(C)cn(Cc2ccc3c(C)cn(C)c(=O)c3c2)c1=O. The monoisotopic (exact) mass is 324 g/mol. The molecule has 0 radical (unpaired) electrons. The van der Waals surface area contributed by atoms with Gasteiger partial charge in [-0.25, -0.2) is 0 Å². The summed E-state index contributed by atoms with van der Waals surface area (Å²) in [6.07, 6.45) is 3.63. The highest BCUT2D eigenvalue weighted by molar-refractivity contribution is 5.85. The Labute approximate surface area is 139 Å². The Morgan fingerprint density at radius 3 is 2.46 bits per heavy atom. The molecule has 0 fully saturated rings. The van der Waals surface area contributed by atoms with Gasteiger partial charge in [0.05, 0.1) is 13.7 Å². The summed E-state index contributed by atoms with van der Waals surface area (Å²) in [4.78, 5) is 24.7. The normalized spacial score (nSPS) is 11.0. The van der Waals surface area contributed by atoms with Crippen LogP contribution in [-0.4, -0.2) is 16.2 Å². The molecule has 0 atom stereocenters. The van der Waals surface area contributed by atoms with Gasteiger partial charge in [0.1, 0.15) is 0 Å². The van der Waals surface area contributed by atoms with Gasteiger partial charge in [-0.15, -0.1) is 0 Å². The highest BCUT2D eigenvalue weighted by Gasteiger charge is 2.09. The summed E-state index contributed by atoms with van der Waals surface area (Å²) in [7, 11) is 3.24. The standard InChI is InChI=1S/C19H20N2O3/c1-12-7-17(24-4)19(23)21(9-12)11-14-5-6-15-13(2)10-20(3)18(22)16(15)8-14/h5-10H,11H2,1-4H3. The van der Waals surface area contributed by atoms with Gasteiger partial charge in [0.25, 0.3) is 11.1 Å². The van der Waals surface area contributed by atoms with Gasteiger partial charge >= 0.3 is 0 Å². The maximum Gasteiger partial charge on any atom is 0.293 e. The number of rotatable bonds is 3. The van der Waals surface area contributed by atoms with Gasteiger partial charge in [0.2, 0.25) is 0 Å². The van der Waals surface area contributed by atoms with E-state index < -0.39 is 0 Å². The molecule has 2 heterocycles. The van der Waals surface area contributed by atoms with Gasteiger partial charge in [0.15, 0.2) is 5.75 Å². The van der Waals surface area contributed by atoms with E-state index in [9.17, 15) is 9.59 Å². The van der Waals surface area contributed by atoms with Gasteiger partial charge in [-0.05, 0) is 48.1 Å². The second-order valence-corrected chi connectivity index (χ2v) is 6.13. The lowest BCUT2D eigenvalue weighted by atomic mass is 10.1. The van der Waals surface area contributed by atoms with Crippen molar-refractivity contribution in [2.24, 2.45) is 7.05 Å². The Morgan fingerprint density at radius 2 is 1.75 bits per heavy atom. The number of aryl methyl sites for hydroxylation is 3. The van der Waals surface area contributed by atoms with Gasteiger partial charge in [-0.2, -0.15) is 0 Å². The van der Waals surface area contributed by atoms with E-state index in [2.05, 4.69) is 0 Å². The quantitative estimate of drug-likeness (QED) is 0.743. The summed E-state index contributed by atoms with van der Waals surface area (Å²) in [6.45, 7) is 4.29. The first kappa shape index (κ1) is 16.1. The number of hydrogen-bond donors (Lipinski definition) is 0. The van der Waals surface area contributed by atoms with E-state index in [1.54, 1.807) is 28.4 Å². The van der Waals surface area contributed by atoms with Crippen molar-refractivity contribution in [3.8, 4) is 5.75 Å². The zero-order valence-corrected chi connectivity index (χ0v) is 14.3. The van der Waals surface area contributed by atoms with Crippen molar-refractivity contribution in [3.63, 3.8) is 0 Å². The van der Waals surface area contributed by atoms with Crippen LogP contribution in [-0.2, 0) is 13.6 Å². The summed E-state index contributed by atoms with van der Waals surface area (Å²) in [5.74, 6) is 0.322. The summed E-state index contributed by atoms with van der Waals surface area (Å²) >= 11 is 0. The molecule has 0 saturated heterocycles. The summed E-state index contributed by atoms with van der Waals surface area (Å²) in [5.41, 5.74) is 2.68. The topological polar surface area (TPSA) is 53.2 Å². The van der Waals surface area contributed by atoms with Crippen molar-refractivity contribution in [1.82, 2.24) is 9.13 Å². The number of aromatic nitrogens is 2. The van der Waals surface area contributed by atoms with Crippen LogP contribution in [0.3, 0.4) is 0 Å². The molecule has 0 saturated carbocycles. The number of pyridine rings is 2. The van der Waals surface area contributed by atoms with Crippen molar-refractivity contribution in [1.29, 1.82) is 0 Å². The summed E-state index contributed by atoms with van der Waals surface area (Å²) in [5, 5.41) is 1.61. The fourth-order valence-electron chi connectivity index (χ4n) is 3.03. The highest BCUT2D eigenvalue weighted by atomic mass is 16.5. The number of fused-ring (bicyclic) bond motifs is 1. The van der Waals surface area contributed by atoms with Crippen LogP contribution in [0.25, 0.3) is 10.8 Å². The van der Waals surface area contributed by atoms with Gasteiger partial charge < -0.3 is 13.9 Å². The van der Waals surface area contributed by atoms with E-state index in [1.807, 2.05) is 38.2 Å². The molecular weight excluding hydrogens is 304 g/mol. The minimum atomic E-state index is -0.180. The van der Waals surface area contributed by atoms with Gasteiger partial charge in [-0.1, -0.05) is 12.1 Å². The molecular formula is C19H20N2O3. The first-order chi connectivity index (χ1) is 11.4. The lowest BCUT2D eigenvalue weighted by molar-refractivity contribution is 0.403. The minimum Gasteiger partial charge on any atom is -0.491 e. The van der Waals surface area contributed by atoms with Crippen molar-refractivity contribution in [3.05, 3.63) is 74.1 Å². The molecule has 24 heavy (non-hydrogen) atoms. The molecule has 3 rings (SSSR count). The minimum absolute atomic E-state index is 0.0355. The van der Waals surface area contributed by atoms with E-state index in [0.29, 0.717) is 17.7 Å². The van der Waals surface area contributed by atoms with E-state index >= 15 is 0 Å². The molecule has 2 aromatic heterocycles. The van der Waals surface area contributed by atoms with Crippen molar-refractivity contribution in [2.75, 3.05) is 7.11 Å². The molecule has 0 aliphatic heterocycles. The third kappa shape index (κ3) is 2.73. The van der Waals surface area contributed by atoms with E-state index in [-0.39, 0.29) is 11.1 Å². The fourth-order valence-corrected chi connectivity index (χ4v) is 3.03. The van der Waals surface area contributed by atoms with Crippen LogP contribution in [0, 0.1) is 13.8 Å². The van der Waals surface area contributed by atoms with Crippen LogP contribution >= 0.6 is 0 Å². The van der Waals surface area contributed by atoms with Crippen LogP contribution in [0.2, 0.25) is 0 Å². The third-order valence-electron chi connectivity index (χ3n) is 4.21. The Bertz CT molecular complexity index is 1040. The lowest BCUT2D eigenvalue weighted by Crippen LogP contribution is -2.22. The number of hydrogen-bond acceptors (Lipinski definition) is 3. The molecule has 1 aromatic carbocycles. The Morgan fingerprint density at radius 1 is 1.00 bits per heavy atom. The molecule has 0 aliphatic rings. The summed E-state index contributed by atoms with van der Waals surface area (Å²) < 4.78 is 8.33. The second-order valence-electron chi connectivity index (χ2n) is 6.13. The van der Waals surface area contributed by atoms with Gasteiger partial charge in [-0.3, -0.25) is 9.59 Å². The maximum atomic E-state index is 12.4. The van der Waals surface area contributed by atoms with Crippen molar-refractivity contribution >= 4 is 10.8 Å². The smallest absolute Gasteiger partial charge is 0.293 e. The molecule has 0 unspecified atom stereocenters. The highest BCUT2D eigenvalue weighted by Crippen LogP contribution is 2.17. The largest absolute Gasteiger partial charge is 0.491 e. The van der Waals surface area contributed by atoms with Crippen LogP contribution < -0.4 is 15.9 Å². The van der Waals surface area contributed by atoms with E-state index in [0.717, 1.165) is 22.1 Å². The average Bonchev–Trinajstić information content (AvgIpc) is 2.55. The Kier molecular flexibility index (Phi) is 4.01. The van der Waals surface area contributed by atoms with Gasteiger partial charge in [0, 0.05) is 24.8 Å². The molecule has 5 nitrogen and oxygen atoms in total. The third-order valence-corrected chi connectivity index (χ3v) is 4.21. The number of nitrogens with zero attached hydrogens (tertiary/aromatic N) is 2. The first-order valence-electron chi connectivity index (χ1n) is 7.74. The van der Waals surface area contributed by atoms with Crippen LogP contribution in [0.5, 0.6) is 5.75 Å². The van der Waals surface area contributed by atoms with Crippen LogP contribution in [0.4, 0.5) is 0 Å². The molecule has 0 spiro atoms. The number of ether oxygens (including phenoxy) is 1. The summed E-state index contributed by atoms with van der Waals surface area (Å²) in [6, 6.07) is 7.49. The lowest BCUT2D eigenvalue weighted by Gasteiger charge is -2.11. The molecule has 0 bridgehead atoms. The fraction of sp³-hybridized carbons (Fsp3) is 0.263. The molecule has 0 amide bonds. The van der Waals surface area contributed by atoms with E-state index in [1.165, 1.54) is 7.11 Å². The van der Waals surface area contributed by atoms with Crippen molar-refractivity contribution in [2.45, 2.75) is 20.4 Å². The van der Waals surface area contributed by atoms with Crippen LogP contribution in [0.1, 0.15) is 16.7 Å². The molecule has 3 aromatic rings. The molecule has 0 aliphatic carbocycles. The Balaban J connectivity index is 2.12. The maximum absolute atomic E-state index is 12.4. The molecule has 124 valence electrons. The molecule has 5 heteroatoms. The van der Waals surface area contributed by atoms with Crippen LogP contribution in [0.15, 0.2) is 46.2 Å². The predicted octanol–water partition coefficient (Wildman–Crippen LogP) is 2.37. The zero-order valence-electron chi connectivity index (χ0n) is 14.3. The van der Waals surface area contributed by atoms with Crippen molar-refractivity contribution < 1.29 is 4.74 Å². The molecule has 0 N–H and O–H groups in total. The zero-order chi connectivity index (χ0) is 17.4. The van der Waals surface area contributed by atoms with E-state index in [4.69, 9.17) is 4.74 Å². The Hall–Kier alpha value is -2.82. The number of benzene rings is 1. The average molecular weight is 324 g/mol. The predicted molar refractivity (Wildman–Crippen MR) is 95.0 cm³/mol. The number of methoxy groups -OCH3 is 1.